The van der Waals surface area contributed by atoms with E-state index in [1.807, 2.05) is 29.2 Å². The van der Waals surface area contributed by atoms with Gasteiger partial charge < -0.3 is 25.3 Å². The largest absolute Gasteiger partial charge is 0.370 e. The number of hydrogen-bond acceptors (Lipinski definition) is 12. The van der Waals surface area contributed by atoms with E-state index in [0.717, 1.165) is 37.1 Å². The van der Waals surface area contributed by atoms with Crippen molar-refractivity contribution in [1.29, 1.82) is 0 Å². The zero-order valence-electron chi connectivity index (χ0n) is 31.4. The number of rotatable bonds is 9. The molecule has 1 unspecified atom stereocenters. The topological polar surface area (TPSA) is 192 Å². The van der Waals surface area contributed by atoms with E-state index >= 15 is 0 Å². The number of imide groups is 1. The highest BCUT2D eigenvalue weighted by Gasteiger charge is 2.37. The maximum absolute atomic E-state index is 13.5. The maximum atomic E-state index is 13.5. The summed E-state index contributed by atoms with van der Waals surface area (Å²) in [4.78, 5) is 95.5. The summed E-state index contributed by atoms with van der Waals surface area (Å²) in [6, 6.07) is 10.2. The normalized spacial score (nSPS) is 19.2. The SMILES string of the molecule is CC(=O)c1c(C)c2cnc(Nc3ccc(N4CCN(C(=O)C5CN(c6ccc(C(=O)NC7CCC(=O)NC7=O)cc6)C5)CC4)cn3)nc2n(C2CCCC2)c1=O. The molecule has 4 aromatic rings. The van der Waals surface area contributed by atoms with Crippen LogP contribution < -0.4 is 31.3 Å². The van der Waals surface area contributed by atoms with Gasteiger partial charge in [-0.15, -0.1) is 0 Å². The van der Waals surface area contributed by atoms with Crippen molar-refractivity contribution in [3.8, 4) is 0 Å². The molecule has 4 fully saturated rings. The summed E-state index contributed by atoms with van der Waals surface area (Å²) in [6.07, 6.45) is 7.70. The zero-order chi connectivity index (χ0) is 39.1. The molecular weight excluding hydrogens is 717 g/mol. The molecule has 0 bridgehead atoms. The Bertz CT molecular complexity index is 2270. The van der Waals surface area contributed by atoms with Crippen molar-refractivity contribution < 1.29 is 24.0 Å². The van der Waals surface area contributed by atoms with E-state index in [2.05, 4.69) is 35.7 Å². The molecule has 1 aliphatic carbocycles. The first kappa shape index (κ1) is 36.8. The van der Waals surface area contributed by atoms with Crippen LogP contribution in [0.1, 0.15) is 77.8 Å². The van der Waals surface area contributed by atoms with Crippen LogP contribution in [0.4, 0.5) is 23.1 Å². The van der Waals surface area contributed by atoms with Gasteiger partial charge in [0.1, 0.15) is 17.5 Å². The summed E-state index contributed by atoms with van der Waals surface area (Å²) in [5, 5.41) is 8.79. The van der Waals surface area contributed by atoms with E-state index in [0.29, 0.717) is 73.2 Å². The molecule has 1 aromatic carbocycles. The Balaban J connectivity index is 0.833. The average Bonchev–Trinajstić information content (AvgIpc) is 3.70. The Morgan fingerprint density at radius 2 is 1.55 bits per heavy atom. The minimum Gasteiger partial charge on any atom is -0.370 e. The van der Waals surface area contributed by atoms with Crippen LogP contribution in [-0.2, 0) is 14.4 Å². The summed E-state index contributed by atoms with van der Waals surface area (Å²) < 4.78 is 1.69. The van der Waals surface area contributed by atoms with E-state index < -0.39 is 11.9 Å². The fourth-order valence-electron chi connectivity index (χ4n) is 8.26. The van der Waals surface area contributed by atoms with Crippen molar-refractivity contribution in [3.63, 3.8) is 0 Å². The molecule has 3 saturated heterocycles. The van der Waals surface area contributed by atoms with Gasteiger partial charge >= 0.3 is 0 Å². The zero-order valence-corrected chi connectivity index (χ0v) is 31.4. The highest BCUT2D eigenvalue weighted by molar-refractivity contribution is 6.04. The lowest BCUT2D eigenvalue weighted by Gasteiger charge is -2.44. The predicted molar refractivity (Wildman–Crippen MR) is 208 cm³/mol. The summed E-state index contributed by atoms with van der Waals surface area (Å²) in [7, 11) is 0. The number of nitrogens with one attached hydrogen (secondary N) is 3. The maximum Gasteiger partial charge on any atom is 0.263 e. The van der Waals surface area contributed by atoms with Gasteiger partial charge in [-0.25, -0.2) is 9.97 Å². The monoisotopic (exact) mass is 760 g/mol. The van der Waals surface area contributed by atoms with Gasteiger partial charge in [-0.05, 0) is 75.1 Å². The van der Waals surface area contributed by atoms with Crippen molar-refractivity contribution in [1.82, 2.24) is 35.1 Å². The minimum atomic E-state index is -0.734. The van der Waals surface area contributed by atoms with Gasteiger partial charge in [0.2, 0.25) is 23.7 Å². The smallest absolute Gasteiger partial charge is 0.263 e. The summed E-state index contributed by atoms with van der Waals surface area (Å²) in [5.41, 5.74) is 3.29. The van der Waals surface area contributed by atoms with Crippen molar-refractivity contribution in [2.75, 3.05) is 54.4 Å². The van der Waals surface area contributed by atoms with Gasteiger partial charge in [-0.3, -0.25) is 38.7 Å². The molecule has 1 atom stereocenters. The number of carbonyl (C=O) groups is 5. The molecule has 56 heavy (non-hydrogen) atoms. The number of piperazine rings is 1. The van der Waals surface area contributed by atoms with Gasteiger partial charge in [-0.1, -0.05) is 12.8 Å². The fraction of sp³-hybridized carbons (Fsp3) is 0.425. The molecule has 6 heterocycles. The molecule has 1 saturated carbocycles. The number of Topliss-reactive ketones (excluding diaryl/α,β-unsaturated/α-hetero) is 1. The first-order valence-corrected chi connectivity index (χ1v) is 19.2. The van der Waals surface area contributed by atoms with Crippen LogP contribution in [-0.4, -0.2) is 99.1 Å². The number of carbonyl (C=O) groups excluding carboxylic acids is 5. The molecule has 3 aliphatic heterocycles. The van der Waals surface area contributed by atoms with Crippen LogP contribution in [0.5, 0.6) is 0 Å². The van der Waals surface area contributed by atoms with Crippen LogP contribution in [0, 0.1) is 12.8 Å². The number of pyridine rings is 2. The Morgan fingerprint density at radius 1 is 0.839 bits per heavy atom. The molecule has 4 aliphatic rings. The Hall–Kier alpha value is -6.19. The first-order chi connectivity index (χ1) is 27.0. The molecule has 4 amide bonds. The van der Waals surface area contributed by atoms with E-state index in [-0.39, 0.29) is 59.4 Å². The number of aromatic nitrogens is 4. The predicted octanol–water partition coefficient (Wildman–Crippen LogP) is 2.88. The third-order valence-electron chi connectivity index (χ3n) is 11.5. The van der Waals surface area contributed by atoms with Crippen molar-refractivity contribution in [3.05, 3.63) is 75.8 Å². The fourth-order valence-corrected chi connectivity index (χ4v) is 8.26. The Labute approximate surface area is 322 Å². The number of aryl methyl sites for hydroxylation is 1. The number of amides is 4. The third-order valence-corrected chi connectivity index (χ3v) is 11.5. The van der Waals surface area contributed by atoms with Gasteiger partial charge in [0.15, 0.2) is 5.78 Å². The average molecular weight is 761 g/mol. The highest BCUT2D eigenvalue weighted by atomic mass is 16.2. The van der Waals surface area contributed by atoms with Crippen LogP contribution in [0.15, 0.2) is 53.6 Å². The van der Waals surface area contributed by atoms with Crippen LogP contribution in [0.2, 0.25) is 0 Å². The van der Waals surface area contributed by atoms with Crippen molar-refractivity contribution in [2.45, 2.75) is 64.5 Å². The number of anilines is 4. The molecule has 0 spiro atoms. The second-order valence-electron chi connectivity index (χ2n) is 15.1. The molecule has 16 heteroatoms. The second-order valence-corrected chi connectivity index (χ2v) is 15.1. The van der Waals surface area contributed by atoms with Crippen LogP contribution >= 0.6 is 0 Å². The lowest BCUT2D eigenvalue weighted by Crippen LogP contribution is -2.58. The minimum absolute atomic E-state index is 0.00864. The molecule has 0 radical (unpaired) electrons. The second kappa shape index (κ2) is 15.2. The number of ketones is 1. The Kier molecular flexibility index (Phi) is 9.95. The van der Waals surface area contributed by atoms with Crippen LogP contribution in [0.3, 0.4) is 0 Å². The van der Waals surface area contributed by atoms with Gasteiger partial charge in [0.05, 0.1) is 23.4 Å². The lowest BCUT2D eigenvalue weighted by molar-refractivity contribution is -0.137. The first-order valence-electron chi connectivity index (χ1n) is 19.2. The summed E-state index contributed by atoms with van der Waals surface area (Å²) in [6.45, 7) is 6.94. The van der Waals surface area contributed by atoms with Gasteiger partial charge in [0.25, 0.3) is 11.5 Å². The van der Waals surface area contributed by atoms with E-state index in [9.17, 15) is 28.8 Å². The molecule has 290 valence electrons. The summed E-state index contributed by atoms with van der Waals surface area (Å²) in [5.74, 6) is -0.564. The van der Waals surface area contributed by atoms with E-state index in [1.165, 1.54) is 6.92 Å². The lowest BCUT2D eigenvalue weighted by atomic mass is 9.96. The Morgan fingerprint density at radius 3 is 2.21 bits per heavy atom. The van der Waals surface area contributed by atoms with Gasteiger partial charge in [-0.2, -0.15) is 4.98 Å². The number of hydrogen-bond donors (Lipinski definition) is 3. The molecule has 3 N–H and O–H groups in total. The summed E-state index contributed by atoms with van der Waals surface area (Å²) >= 11 is 0. The molecule has 16 nitrogen and oxygen atoms in total. The third kappa shape index (κ3) is 7.18. The van der Waals surface area contributed by atoms with Gasteiger partial charge in [0, 0.05) is 74.6 Å². The number of benzene rings is 1. The number of fused-ring (bicyclic) bond motifs is 1. The molecular formula is C40H44N10O6. The quantitative estimate of drug-likeness (QED) is 0.167. The highest BCUT2D eigenvalue weighted by Crippen LogP contribution is 2.32. The standard InChI is InChI=1S/C40H44N10O6/c1-23-30-20-42-40(46-35(30)50(28-5-3-4-6-28)39(56)34(23)24(2)51)44-32-13-11-29(19-41-32)47-15-17-48(18-16-47)38(55)26-21-49(22-26)27-9-7-25(8-10-27)36(53)43-31-12-14-33(52)45-37(31)54/h7-11,13,19-20,26,28,31H,3-6,12,14-18,21-22H2,1-2H3,(H,43,53)(H,45,52,54)(H,41,42,44,46). The molecule has 3 aromatic heterocycles. The number of piperidine rings is 1. The van der Waals surface area contributed by atoms with Crippen molar-refractivity contribution >= 4 is 63.6 Å². The van der Waals surface area contributed by atoms with E-state index in [1.54, 1.807) is 36.0 Å². The van der Waals surface area contributed by atoms with Crippen molar-refractivity contribution in [2.24, 2.45) is 5.92 Å². The van der Waals surface area contributed by atoms with Crippen LogP contribution in [0.25, 0.3) is 11.0 Å². The van der Waals surface area contributed by atoms with E-state index in [4.69, 9.17) is 4.98 Å². The number of nitrogens with zero attached hydrogens (tertiary/aromatic N) is 7. The molecule has 8 rings (SSSR count).